The zero-order valence-electron chi connectivity index (χ0n) is 17.6. The van der Waals surface area contributed by atoms with Crippen LogP contribution in [0.5, 0.6) is 5.75 Å². The van der Waals surface area contributed by atoms with Gasteiger partial charge in [-0.05, 0) is 33.0 Å². The van der Waals surface area contributed by atoms with Gasteiger partial charge in [-0.1, -0.05) is 24.4 Å². The summed E-state index contributed by atoms with van der Waals surface area (Å²) in [5.74, 6) is 6.10. The fourth-order valence-corrected chi connectivity index (χ4v) is 4.28. The molecule has 2 unspecified atom stereocenters. The third-order valence-corrected chi connectivity index (χ3v) is 5.92. The Labute approximate surface area is 196 Å². The van der Waals surface area contributed by atoms with Crippen LogP contribution in [0.15, 0.2) is 12.1 Å². The average Bonchev–Trinajstić information content (AvgIpc) is 2.63. The molecule has 2 fully saturated rings. The van der Waals surface area contributed by atoms with Gasteiger partial charge in [0.25, 0.3) is 5.91 Å². The van der Waals surface area contributed by atoms with E-state index in [4.69, 9.17) is 22.1 Å². The molecule has 30 heavy (non-hydrogen) atoms. The van der Waals surface area contributed by atoms with Gasteiger partial charge in [0.2, 0.25) is 0 Å². The van der Waals surface area contributed by atoms with Gasteiger partial charge in [-0.2, -0.15) is 0 Å². The minimum atomic E-state index is -0.179. The fourth-order valence-electron chi connectivity index (χ4n) is 4.12. The lowest BCUT2D eigenvalue weighted by Crippen LogP contribution is -2.63. The molecule has 2 atom stereocenters. The van der Waals surface area contributed by atoms with Crippen molar-refractivity contribution in [3.8, 4) is 17.6 Å². The summed E-state index contributed by atoms with van der Waals surface area (Å²) >= 11 is 6.17. The molecule has 0 spiro atoms. The molecule has 1 aromatic rings. The maximum absolute atomic E-state index is 13.0. The van der Waals surface area contributed by atoms with E-state index in [0.29, 0.717) is 34.1 Å². The molecular weight excluding hydrogens is 447 g/mol. The van der Waals surface area contributed by atoms with Crippen LogP contribution in [0.4, 0.5) is 5.69 Å². The van der Waals surface area contributed by atoms with E-state index in [9.17, 15) is 4.79 Å². The molecule has 1 amide bonds. The number of anilines is 1. The lowest BCUT2D eigenvalue weighted by Gasteiger charge is -2.50. The number of ether oxygens (including phenoxy) is 1. The van der Waals surface area contributed by atoms with Crippen molar-refractivity contribution in [3.05, 3.63) is 22.7 Å². The molecule has 2 aliphatic rings. The SMILES string of the molecule is CCC#CCOc1cc(N)c(Cl)cc1C(=O)NC1CC2CN(C)CC(C1)N2C.Cl.Cl. The third-order valence-electron chi connectivity index (χ3n) is 5.59. The Morgan fingerprint density at radius 1 is 1.23 bits per heavy atom. The highest BCUT2D eigenvalue weighted by Gasteiger charge is 2.38. The Balaban J connectivity index is 0.00000225. The van der Waals surface area contributed by atoms with Crippen molar-refractivity contribution in [2.75, 3.05) is 39.5 Å². The van der Waals surface area contributed by atoms with Crippen LogP contribution >= 0.6 is 36.4 Å². The first-order valence-electron chi connectivity index (χ1n) is 9.77. The number of hydrogen-bond donors (Lipinski definition) is 2. The minimum absolute atomic E-state index is 0. The van der Waals surface area contributed by atoms with Crippen LogP contribution in [0.3, 0.4) is 0 Å². The second-order valence-electron chi connectivity index (χ2n) is 7.70. The fraction of sp³-hybridized carbons (Fsp3) is 0.571. The van der Waals surface area contributed by atoms with Crippen LogP contribution in [0.1, 0.15) is 36.5 Å². The number of carbonyl (C=O) groups is 1. The lowest BCUT2D eigenvalue weighted by molar-refractivity contribution is 0.00838. The van der Waals surface area contributed by atoms with E-state index in [2.05, 4.69) is 41.1 Å². The van der Waals surface area contributed by atoms with Crippen molar-refractivity contribution in [1.29, 1.82) is 0 Å². The predicted molar refractivity (Wildman–Crippen MR) is 127 cm³/mol. The number of carbonyl (C=O) groups excluding carboxylic acids is 1. The molecule has 0 saturated carbocycles. The van der Waals surface area contributed by atoms with E-state index < -0.39 is 0 Å². The summed E-state index contributed by atoms with van der Waals surface area (Å²) in [6.07, 6.45) is 2.63. The topological polar surface area (TPSA) is 70.8 Å². The van der Waals surface area contributed by atoms with E-state index >= 15 is 0 Å². The molecule has 1 aromatic carbocycles. The Bertz CT molecular complexity index is 780. The molecular formula is C21H31Cl3N4O2. The van der Waals surface area contributed by atoms with E-state index in [0.717, 1.165) is 32.4 Å². The Kier molecular flexibility index (Phi) is 10.6. The number of likely N-dealkylation sites (N-methyl/N-ethyl adjacent to an activating group) is 2. The highest BCUT2D eigenvalue weighted by atomic mass is 35.5. The number of nitrogens with zero attached hydrogens (tertiary/aromatic N) is 2. The first-order valence-corrected chi connectivity index (χ1v) is 10.2. The quantitative estimate of drug-likeness (QED) is 0.515. The van der Waals surface area contributed by atoms with Gasteiger partial charge in [-0.3, -0.25) is 9.69 Å². The minimum Gasteiger partial charge on any atom is -0.480 e. The number of fused-ring (bicyclic) bond motifs is 2. The zero-order valence-corrected chi connectivity index (χ0v) is 20.0. The molecule has 2 saturated heterocycles. The van der Waals surface area contributed by atoms with Crippen molar-refractivity contribution in [1.82, 2.24) is 15.1 Å². The van der Waals surface area contributed by atoms with Gasteiger partial charge < -0.3 is 20.7 Å². The summed E-state index contributed by atoms with van der Waals surface area (Å²) in [5.41, 5.74) is 6.69. The first kappa shape index (κ1) is 26.7. The molecule has 3 N–H and O–H groups in total. The number of piperazine rings is 1. The third kappa shape index (κ3) is 6.32. The summed E-state index contributed by atoms with van der Waals surface area (Å²) in [4.78, 5) is 17.8. The van der Waals surface area contributed by atoms with E-state index in [-0.39, 0.29) is 43.4 Å². The van der Waals surface area contributed by atoms with Gasteiger partial charge in [0, 0.05) is 43.7 Å². The standard InChI is InChI=1S/C21H29ClN4O2.2ClH/c1-4-5-6-7-28-20-11-19(23)18(22)10-17(20)21(27)24-14-8-15-12-25(2)13-16(9-14)26(15)3;;/h10-11,14-16H,4,7-9,12-13,23H2,1-3H3,(H,24,27);2*1H. The number of hydrogen-bond acceptors (Lipinski definition) is 5. The Morgan fingerprint density at radius 3 is 2.47 bits per heavy atom. The summed E-state index contributed by atoms with van der Waals surface area (Å²) < 4.78 is 5.70. The number of rotatable bonds is 4. The number of nitrogens with one attached hydrogen (secondary N) is 1. The van der Waals surface area contributed by atoms with Crippen molar-refractivity contribution < 1.29 is 9.53 Å². The second kappa shape index (κ2) is 11.9. The van der Waals surface area contributed by atoms with Crippen molar-refractivity contribution in [2.24, 2.45) is 0 Å². The molecule has 2 aliphatic heterocycles. The van der Waals surface area contributed by atoms with Crippen LogP contribution < -0.4 is 15.8 Å². The van der Waals surface area contributed by atoms with Crippen LogP contribution in [0.25, 0.3) is 0 Å². The van der Waals surface area contributed by atoms with Gasteiger partial charge >= 0.3 is 0 Å². The molecule has 168 valence electrons. The molecule has 6 nitrogen and oxygen atoms in total. The second-order valence-corrected chi connectivity index (χ2v) is 8.11. The number of halogens is 3. The number of amides is 1. The van der Waals surface area contributed by atoms with Gasteiger partial charge in [0.15, 0.2) is 0 Å². The van der Waals surface area contributed by atoms with Crippen LogP contribution in [0.2, 0.25) is 5.02 Å². The first-order chi connectivity index (χ1) is 13.4. The maximum atomic E-state index is 13.0. The predicted octanol–water partition coefficient (Wildman–Crippen LogP) is 3.06. The zero-order chi connectivity index (χ0) is 20.3. The highest BCUT2D eigenvalue weighted by molar-refractivity contribution is 6.33. The van der Waals surface area contributed by atoms with Crippen LogP contribution in [-0.4, -0.2) is 67.6 Å². The smallest absolute Gasteiger partial charge is 0.255 e. The van der Waals surface area contributed by atoms with Gasteiger partial charge in [-0.15, -0.1) is 30.7 Å². The van der Waals surface area contributed by atoms with Gasteiger partial charge in [0.05, 0.1) is 16.3 Å². The van der Waals surface area contributed by atoms with Crippen molar-refractivity contribution in [3.63, 3.8) is 0 Å². The summed E-state index contributed by atoms with van der Waals surface area (Å²) in [6.45, 7) is 4.23. The molecule has 2 heterocycles. The number of nitrogens with two attached hydrogens (primary N) is 1. The molecule has 0 radical (unpaired) electrons. The normalized spacial score (nSPS) is 23.3. The highest BCUT2D eigenvalue weighted by Crippen LogP contribution is 2.31. The molecule has 0 aromatic heterocycles. The molecule has 3 rings (SSSR count). The van der Waals surface area contributed by atoms with Crippen molar-refractivity contribution in [2.45, 2.75) is 44.3 Å². The van der Waals surface area contributed by atoms with E-state index in [1.54, 1.807) is 12.1 Å². The number of likely N-dealkylation sites (tertiary alicyclic amines) is 1. The van der Waals surface area contributed by atoms with Gasteiger partial charge in [0.1, 0.15) is 12.4 Å². The molecule has 2 bridgehead atoms. The number of piperidine rings is 1. The van der Waals surface area contributed by atoms with Crippen LogP contribution in [-0.2, 0) is 0 Å². The van der Waals surface area contributed by atoms with Crippen LogP contribution in [0, 0.1) is 11.8 Å². The van der Waals surface area contributed by atoms with Crippen molar-refractivity contribution >= 4 is 48.0 Å². The molecule has 0 aliphatic carbocycles. The summed E-state index contributed by atoms with van der Waals surface area (Å²) in [5, 5.41) is 3.53. The van der Waals surface area contributed by atoms with E-state index in [1.807, 2.05) is 6.92 Å². The average molecular weight is 478 g/mol. The summed E-state index contributed by atoms with van der Waals surface area (Å²) in [6, 6.07) is 4.23. The molecule has 9 heteroatoms. The maximum Gasteiger partial charge on any atom is 0.255 e. The number of nitrogen functional groups attached to an aromatic ring is 1. The Morgan fingerprint density at radius 2 is 1.87 bits per heavy atom. The number of benzene rings is 1. The van der Waals surface area contributed by atoms with Gasteiger partial charge in [-0.25, -0.2) is 0 Å². The largest absolute Gasteiger partial charge is 0.480 e. The monoisotopic (exact) mass is 476 g/mol. The summed E-state index contributed by atoms with van der Waals surface area (Å²) in [7, 11) is 4.34. The Hall–Kier alpha value is -1.36. The van der Waals surface area contributed by atoms with E-state index in [1.165, 1.54) is 0 Å². The lowest BCUT2D eigenvalue weighted by atomic mass is 9.88.